The second-order valence-corrected chi connectivity index (χ2v) is 7.38. The van der Waals surface area contributed by atoms with E-state index in [0.29, 0.717) is 47.6 Å². The molecule has 1 aliphatic heterocycles. The number of benzene rings is 1. The number of nitrogens with zero attached hydrogens (tertiary/aromatic N) is 5. The summed E-state index contributed by atoms with van der Waals surface area (Å²) in [7, 11) is 0. The van der Waals surface area contributed by atoms with Crippen molar-refractivity contribution in [2.75, 3.05) is 36.4 Å². The van der Waals surface area contributed by atoms with Gasteiger partial charge in [-0.05, 0) is 42.5 Å². The Morgan fingerprint density at radius 2 is 1.69 bits per heavy atom. The molecule has 0 spiro atoms. The fraction of sp³-hybridized carbons (Fsp3) is 0.200. The standard InChI is InChI=1S/C20H18Cl2N6O/c21-14-1-2-17(22)16(13-14)20(29)28-11-9-27(10-12-28)19-4-3-18(25-26-19)24-15-5-7-23-8-6-15/h1-8,13H,9-12H2,(H,23,24,25). The molecule has 0 saturated carbocycles. The van der Waals surface area contributed by atoms with E-state index in [1.165, 1.54) is 0 Å². The van der Waals surface area contributed by atoms with Gasteiger partial charge in [0.05, 0.1) is 10.6 Å². The topological polar surface area (TPSA) is 74.2 Å². The van der Waals surface area contributed by atoms with E-state index in [-0.39, 0.29) is 5.91 Å². The highest BCUT2D eigenvalue weighted by atomic mass is 35.5. The number of amides is 1. The van der Waals surface area contributed by atoms with Crippen LogP contribution in [0, 0.1) is 0 Å². The second kappa shape index (κ2) is 8.63. The summed E-state index contributed by atoms with van der Waals surface area (Å²) >= 11 is 12.2. The molecule has 1 saturated heterocycles. The number of pyridine rings is 1. The maximum absolute atomic E-state index is 12.8. The van der Waals surface area contributed by atoms with Gasteiger partial charge in [-0.25, -0.2) is 0 Å². The number of anilines is 3. The molecule has 1 aliphatic rings. The quantitative estimate of drug-likeness (QED) is 0.679. The highest BCUT2D eigenvalue weighted by Crippen LogP contribution is 2.23. The normalized spacial score (nSPS) is 14.0. The molecule has 9 heteroatoms. The minimum atomic E-state index is -0.111. The van der Waals surface area contributed by atoms with Gasteiger partial charge in [0, 0.05) is 49.3 Å². The number of rotatable bonds is 4. The van der Waals surface area contributed by atoms with Crippen molar-refractivity contribution in [3.8, 4) is 0 Å². The average Bonchev–Trinajstić information content (AvgIpc) is 2.76. The van der Waals surface area contributed by atoms with Gasteiger partial charge in [-0.1, -0.05) is 23.2 Å². The predicted octanol–water partition coefficient (Wildman–Crippen LogP) is 3.88. The van der Waals surface area contributed by atoms with Crippen LogP contribution >= 0.6 is 23.2 Å². The van der Waals surface area contributed by atoms with Gasteiger partial charge in [0.25, 0.3) is 5.91 Å². The minimum Gasteiger partial charge on any atom is -0.352 e. The molecule has 1 N–H and O–H groups in total. The largest absolute Gasteiger partial charge is 0.352 e. The Labute approximate surface area is 178 Å². The van der Waals surface area contributed by atoms with Crippen molar-refractivity contribution >= 4 is 46.4 Å². The number of carbonyl (C=O) groups excluding carboxylic acids is 1. The van der Waals surface area contributed by atoms with Crippen molar-refractivity contribution in [2.24, 2.45) is 0 Å². The smallest absolute Gasteiger partial charge is 0.255 e. The van der Waals surface area contributed by atoms with E-state index in [0.717, 1.165) is 11.5 Å². The van der Waals surface area contributed by atoms with Gasteiger partial charge in [-0.15, -0.1) is 10.2 Å². The lowest BCUT2D eigenvalue weighted by molar-refractivity contribution is 0.0746. The van der Waals surface area contributed by atoms with E-state index >= 15 is 0 Å². The molecule has 0 radical (unpaired) electrons. The van der Waals surface area contributed by atoms with Crippen molar-refractivity contribution in [3.05, 3.63) is 70.5 Å². The van der Waals surface area contributed by atoms with Crippen molar-refractivity contribution < 1.29 is 4.79 Å². The third-order valence-corrected chi connectivity index (χ3v) is 5.22. The third kappa shape index (κ3) is 4.58. The summed E-state index contributed by atoms with van der Waals surface area (Å²) in [5.41, 5.74) is 1.33. The lowest BCUT2D eigenvalue weighted by Crippen LogP contribution is -2.49. The third-order valence-electron chi connectivity index (χ3n) is 4.65. The Morgan fingerprint density at radius 3 is 2.38 bits per heavy atom. The first-order chi connectivity index (χ1) is 14.1. The van der Waals surface area contributed by atoms with Crippen LogP contribution in [0.2, 0.25) is 10.0 Å². The van der Waals surface area contributed by atoms with Gasteiger partial charge in [0.15, 0.2) is 11.6 Å². The molecule has 29 heavy (non-hydrogen) atoms. The van der Waals surface area contributed by atoms with Crippen LogP contribution < -0.4 is 10.2 Å². The highest BCUT2D eigenvalue weighted by Gasteiger charge is 2.24. The molecule has 0 aliphatic carbocycles. The first-order valence-electron chi connectivity index (χ1n) is 9.10. The molecule has 7 nitrogen and oxygen atoms in total. The fourth-order valence-corrected chi connectivity index (χ4v) is 3.48. The van der Waals surface area contributed by atoms with Crippen LogP contribution in [0.1, 0.15) is 10.4 Å². The van der Waals surface area contributed by atoms with Crippen LogP contribution in [0.15, 0.2) is 54.9 Å². The molecular weight excluding hydrogens is 411 g/mol. The van der Waals surface area contributed by atoms with Gasteiger partial charge in [0.2, 0.25) is 0 Å². The van der Waals surface area contributed by atoms with E-state index in [2.05, 4.69) is 25.4 Å². The van der Waals surface area contributed by atoms with Crippen LogP contribution in [0.25, 0.3) is 0 Å². The Morgan fingerprint density at radius 1 is 0.931 bits per heavy atom. The highest BCUT2D eigenvalue weighted by molar-refractivity contribution is 6.35. The lowest BCUT2D eigenvalue weighted by atomic mass is 10.1. The molecule has 1 aromatic carbocycles. The number of carbonyl (C=O) groups is 1. The molecule has 4 rings (SSSR count). The van der Waals surface area contributed by atoms with Gasteiger partial charge in [0.1, 0.15) is 0 Å². The van der Waals surface area contributed by atoms with Crippen molar-refractivity contribution in [1.29, 1.82) is 0 Å². The van der Waals surface area contributed by atoms with Crippen LogP contribution in [0.3, 0.4) is 0 Å². The number of nitrogens with one attached hydrogen (secondary N) is 1. The Balaban J connectivity index is 1.37. The number of aromatic nitrogens is 3. The summed E-state index contributed by atoms with van der Waals surface area (Å²) in [4.78, 5) is 20.6. The van der Waals surface area contributed by atoms with Crippen LogP contribution in [0.4, 0.5) is 17.3 Å². The Kier molecular flexibility index (Phi) is 5.78. The maximum atomic E-state index is 12.8. The zero-order valence-electron chi connectivity index (χ0n) is 15.4. The van der Waals surface area contributed by atoms with Gasteiger partial charge >= 0.3 is 0 Å². The second-order valence-electron chi connectivity index (χ2n) is 6.54. The number of piperazine rings is 1. The summed E-state index contributed by atoms with van der Waals surface area (Å²) < 4.78 is 0. The van der Waals surface area contributed by atoms with Crippen molar-refractivity contribution in [3.63, 3.8) is 0 Å². The van der Waals surface area contributed by atoms with Gasteiger partial charge in [-0.2, -0.15) is 0 Å². The molecule has 3 heterocycles. The van der Waals surface area contributed by atoms with E-state index in [1.54, 1.807) is 35.5 Å². The maximum Gasteiger partial charge on any atom is 0.255 e. The lowest BCUT2D eigenvalue weighted by Gasteiger charge is -2.35. The summed E-state index contributed by atoms with van der Waals surface area (Å²) in [6.45, 7) is 2.46. The Bertz CT molecular complexity index is 992. The van der Waals surface area contributed by atoms with E-state index in [4.69, 9.17) is 23.2 Å². The minimum absolute atomic E-state index is 0.111. The SMILES string of the molecule is O=C(c1cc(Cl)ccc1Cl)N1CCN(c2ccc(Nc3ccncc3)nn2)CC1. The van der Waals surface area contributed by atoms with Gasteiger partial charge < -0.3 is 15.1 Å². The molecule has 0 bridgehead atoms. The van der Waals surface area contributed by atoms with Crippen molar-refractivity contribution in [1.82, 2.24) is 20.1 Å². The summed E-state index contributed by atoms with van der Waals surface area (Å²) in [6, 6.07) is 12.4. The molecule has 3 aromatic rings. The van der Waals surface area contributed by atoms with Crippen LogP contribution in [-0.2, 0) is 0 Å². The van der Waals surface area contributed by atoms with Crippen molar-refractivity contribution in [2.45, 2.75) is 0 Å². The fourth-order valence-electron chi connectivity index (χ4n) is 3.11. The van der Waals surface area contributed by atoms with E-state index in [9.17, 15) is 4.79 Å². The molecule has 2 aromatic heterocycles. The zero-order chi connectivity index (χ0) is 20.2. The monoisotopic (exact) mass is 428 g/mol. The van der Waals surface area contributed by atoms with Crippen LogP contribution in [-0.4, -0.2) is 52.2 Å². The van der Waals surface area contributed by atoms with E-state index < -0.39 is 0 Å². The molecule has 0 atom stereocenters. The molecule has 1 fully saturated rings. The number of hydrogen-bond donors (Lipinski definition) is 1. The predicted molar refractivity (Wildman–Crippen MR) is 114 cm³/mol. The summed E-state index contributed by atoms with van der Waals surface area (Å²) in [6.07, 6.45) is 3.42. The summed E-state index contributed by atoms with van der Waals surface area (Å²) in [5, 5.41) is 12.6. The van der Waals surface area contributed by atoms with E-state index in [1.807, 2.05) is 24.3 Å². The summed E-state index contributed by atoms with van der Waals surface area (Å²) in [5.74, 6) is 1.32. The first kappa shape index (κ1) is 19.4. The Hall–Kier alpha value is -2.90. The zero-order valence-corrected chi connectivity index (χ0v) is 16.9. The molecule has 0 unspecified atom stereocenters. The van der Waals surface area contributed by atoms with Gasteiger partial charge in [-0.3, -0.25) is 9.78 Å². The van der Waals surface area contributed by atoms with Crippen LogP contribution in [0.5, 0.6) is 0 Å². The number of hydrogen-bond acceptors (Lipinski definition) is 6. The average molecular weight is 429 g/mol. The first-order valence-corrected chi connectivity index (χ1v) is 9.86. The number of halogens is 2. The molecular formula is C20H18Cl2N6O. The molecule has 148 valence electrons. The molecule has 1 amide bonds.